The number of alkyl halides is 2. The van der Waals surface area contributed by atoms with E-state index in [2.05, 4.69) is 0 Å². The highest BCUT2D eigenvalue weighted by Crippen LogP contribution is 2.65. The minimum absolute atomic E-state index is 0.0414. The highest BCUT2D eigenvalue weighted by molar-refractivity contribution is 7.87. The molecule has 0 aromatic heterocycles. The van der Waals surface area contributed by atoms with E-state index in [4.69, 9.17) is 14.0 Å². The van der Waals surface area contributed by atoms with Gasteiger partial charge in [0.15, 0.2) is 0 Å². The van der Waals surface area contributed by atoms with Crippen molar-refractivity contribution in [3.8, 4) is 0 Å². The standard InChI is InChI=1S/C21H30F2O7S/c22-21(23,31(26,27)28)18(25)30-13-20-9-14-6-15(10-20)8-19(7-14,11-20)12-29-17(24)16-4-2-1-3-5-16/h14-16H,1-13H2,(H,26,27,28). The Balaban J connectivity index is 1.41. The monoisotopic (exact) mass is 464 g/mol. The second-order valence-corrected chi connectivity index (χ2v) is 11.9. The van der Waals surface area contributed by atoms with E-state index in [1.54, 1.807) is 0 Å². The van der Waals surface area contributed by atoms with Gasteiger partial charge in [0.2, 0.25) is 0 Å². The van der Waals surface area contributed by atoms with E-state index in [1.807, 2.05) is 0 Å². The Morgan fingerprint density at radius 1 is 0.935 bits per heavy atom. The molecule has 5 aliphatic rings. The van der Waals surface area contributed by atoms with Crippen LogP contribution in [0.4, 0.5) is 8.78 Å². The lowest BCUT2D eigenvalue weighted by Gasteiger charge is -2.61. The molecule has 2 unspecified atom stereocenters. The molecule has 176 valence electrons. The summed E-state index contributed by atoms with van der Waals surface area (Å²) in [6.07, 6.45) is 9.79. The fourth-order valence-corrected chi connectivity index (χ4v) is 7.35. The molecule has 31 heavy (non-hydrogen) atoms. The third kappa shape index (κ3) is 4.47. The zero-order valence-corrected chi connectivity index (χ0v) is 18.3. The van der Waals surface area contributed by atoms with E-state index < -0.39 is 26.8 Å². The Bertz CT molecular complexity index is 821. The topological polar surface area (TPSA) is 107 Å². The molecule has 0 amide bonds. The van der Waals surface area contributed by atoms with Crippen LogP contribution in [0.5, 0.6) is 0 Å². The van der Waals surface area contributed by atoms with Crippen LogP contribution >= 0.6 is 0 Å². The molecule has 7 nitrogen and oxygen atoms in total. The van der Waals surface area contributed by atoms with Crippen LogP contribution in [0.3, 0.4) is 0 Å². The zero-order valence-electron chi connectivity index (χ0n) is 17.5. The van der Waals surface area contributed by atoms with Crippen LogP contribution in [0.25, 0.3) is 0 Å². The molecule has 5 fully saturated rings. The first-order valence-electron chi connectivity index (χ1n) is 11.1. The quantitative estimate of drug-likeness (QED) is 0.452. The van der Waals surface area contributed by atoms with Gasteiger partial charge in [-0.05, 0) is 63.2 Å². The number of ether oxygens (including phenoxy) is 2. The third-order valence-corrected chi connectivity index (χ3v) is 8.65. The molecule has 0 spiro atoms. The van der Waals surface area contributed by atoms with Gasteiger partial charge in [-0.3, -0.25) is 9.35 Å². The van der Waals surface area contributed by atoms with Crippen molar-refractivity contribution in [2.24, 2.45) is 28.6 Å². The van der Waals surface area contributed by atoms with Crippen LogP contribution in [-0.2, 0) is 29.2 Å². The van der Waals surface area contributed by atoms with Gasteiger partial charge in [-0.1, -0.05) is 19.3 Å². The van der Waals surface area contributed by atoms with Crippen molar-refractivity contribution in [2.75, 3.05) is 13.2 Å². The van der Waals surface area contributed by atoms with Gasteiger partial charge in [-0.15, -0.1) is 0 Å². The zero-order chi connectivity index (χ0) is 22.5. The first-order chi connectivity index (χ1) is 14.4. The van der Waals surface area contributed by atoms with Gasteiger partial charge in [0, 0.05) is 10.8 Å². The summed E-state index contributed by atoms with van der Waals surface area (Å²) in [5.41, 5.74) is -0.765. The van der Waals surface area contributed by atoms with Gasteiger partial charge in [-0.25, -0.2) is 4.79 Å². The fraction of sp³-hybridized carbons (Fsp3) is 0.905. The Hall–Kier alpha value is -1.29. The van der Waals surface area contributed by atoms with Crippen molar-refractivity contribution in [1.82, 2.24) is 0 Å². The summed E-state index contributed by atoms with van der Waals surface area (Å²) in [7, 11) is -5.89. The maximum atomic E-state index is 13.6. The minimum atomic E-state index is -5.89. The predicted octanol–water partition coefficient (Wildman–Crippen LogP) is 3.72. The Morgan fingerprint density at radius 2 is 1.45 bits per heavy atom. The second kappa shape index (κ2) is 7.93. The molecule has 0 saturated heterocycles. The summed E-state index contributed by atoms with van der Waals surface area (Å²) in [6, 6.07) is 0. The average Bonchev–Trinajstić information content (AvgIpc) is 2.69. The first kappa shape index (κ1) is 22.9. The molecular weight excluding hydrogens is 434 g/mol. The SMILES string of the molecule is O=C(OCC12CC3CC(C1)CC(COC(=O)C(F)(F)S(=O)(=O)O)(C3)C2)C1CCCCC1. The lowest BCUT2D eigenvalue weighted by atomic mass is 9.44. The van der Waals surface area contributed by atoms with E-state index in [1.165, 1.54) is 0 Å². The third-order valence-electron chi connectivity index (χ3n) is 7.83. The summed E-state index contributed by atoms with van der Waals surface area (Å²) in [5, 5.41) is -4.98. The van der Waals surface area contributed by atoms with Gasteiger partial charge in [0.25, 0.3) is 0 Å². The first-order valence-corrected chi connectivity index (χ1v) is 12.6. The molecule has 2 atom stereocenters. The van der Waals surface area contributed by atoms with E-state index in [-0.39, 0.29) is 23.9 Å². The van der Waals surface area contributed by atoms with Gasteiger partial charge in [-0.2, -0.15) is 17.2 Å². The molecule has 4 bridgehead atoms. The Kier molecular flexibility index (Phi) is 5.86. The van der Waals surface area contributed by atoms with Gasteiger partial charge >= 0.3 is 27.3 Å². The Labute approximate surface area is 181 Å². The molecular formula is C21H30F2O7S. The fourth-order valence-electron chi connectivity index (χ4n) is 7.08. The maximum Gasteiger partial charge on any atom is 0.465 e. The molecule has 5 aliphatic carbocycles. The normalized spacial score (nSPS) is 35.7. The van der Waals surface area contributed by atoms with Crippen LogP contribution in [0.1, 0.15) is 70.6 Å². The molecule has 5 saturated carbocycles. The average molecular weight is 465 g/mol. The number of hydrogen-bond donors (Lipinski definition) is 1. The highest BCUT2D eigenvalue weighted by Gasteiger charge is 2.60. The molecule has 10 heteroatoms. The van der Waals surface area contributed by atoms with Crippen LogP contribution in [0.15, 0.2) is 0 Å². The van der Waals surface area contributed by atoms with Crippen molar-refractivity contribution in [3.05, 3.63) is 0 Å². The number of carbonyl (C=O) groups excluding carboxylic acids is 2. The summed E-state index contributed by atoms with van der Waals surface area (Å²) in [5.74, 6) is -1.75. The number of esters is 2. The van der Waals surface area contributed by atoms with Crippen molar-refractivity contribution in [2.45, 2.75) is 75.9 Å². The van der Waals surface area contributed by atoms with Gasteiger partial charge in [0.1, 0.15) is 0 Å². The number of rotatable bonds is 7. The van der Waals surface area contributed by atoms with Crippen molar-refractivity contribution in [1.29, 1.82) is 0 Å². The largest absolute Gasteiger partial charge is 0.465 e. The number of carbonyl (C=O) groups is 2. The number of halogens is 2. The maximum absolute atomic E-state index is 13.6. The van der Waals surface area contributed by atoms with E-state index in [9.17, 15) is 26.8 Å². The van der Waals surface area contributed by atoms with Crippen LogP contribution < -0.4 is 0 Å². The summed E-state index contributed by atoms with van der Waals surface area (Å²) >= 11 is 0. The lowest BCUT2D eigenvalue weighted by molar-refractivity contribution is -0.187. The smallest absolute Gasteiger partial charge is 0.465 e. The van der Waals surface area contributed by atoms with Crippen molar-refractivity contribution in [3.63, 3.8) is 0 Å². The van der Waals surface area contributed by atoms with Crippen LogP contribution in [-0.4, -0.2) is 43.4 Å². The molecule has 0 aliphatic heterocycles. The second-order valence-electron chi connectivity index (χ2n) is 10.5. The predicted molar refractivity (Wildman–Crippen MR) is 105 cm³/mol. The van der Waals surface area contributed by atoms with Gasteiger partial charge in [0.05, 0.1) is 19.1 Å². The van der Waals surface area contributed by atoms with E-state index >= 15 is 0 Å². The molecule has 0 aromatic carbocycles. The van der Waals surface area contributed by atoms with E-state index in [0.717, 1.165) is 51.4 Å². The molecule has 0 aromatic rings. The summed E-state index contributed by atoms with van der Waals surface area (Å²) in [6.45, 7) is -0.0194. The number of hydrogen-bond acceptors (Lipinski definition) is 6. The van der Waals surface area contributed by atoms with Crippen LogP contribution in [0.2, 0.25) is 0 Å². The van der Waals surface area contributed by atoms with Gasteiger partial charge < -0.3 is 9.47 Å². The van der Waals surface area contributed by atoms with Crippen molar-refractivity contribution >= 4 is 22.1 Å². The molecule has 5 rings (SSSR count). The summed E-state index contributed by atoms with van der Waals surface area (Å²) < 4.78 is 67.9. The minimum Gasteiger partial charge on any atom is -0.465 e. The lowest BCUT2D eigenvalue weighted by Crippen LogP contribution is -2.56. The van der Waals surface area contributed by atoms with E-state index in [0.29, 0.717) is 37.7 Å². The molecule has 0 radical (unpaired) electrons. The van der Waals surface area contributed by atoms with Crippen molar-refractivity contribution < 1.29 is 40.8 Å². The highest BCUT2D eigenvalue weighted by atomic mass is 32.2. The Morgan fingerprint density at radius 3 is 1.97 bits per heavy atom. The molecule has 0 heterocycles. The molecule has 1 N–H and O–H groups in total. The van der Waals surface area contributed by atoms with Crippen LogP contribution in [0, 0.1) is 28.6 Å². The summed E-state index contributed by atoms with van der Waals surface area (Å²) in [4.78, 5) is 24.2.